The van der Waals surface area contributed by atoms with Gasteiger partial charge in [0.05, 0.1) is 18.9 Å². The van der Waals surface area contributed by atoms with E-state index in [0.29, 0.717) is 29.8 Å². The van der Waals surface area contributed by atoms with E-state index in [9.17, 15) is 10.2 Å². The highest BCUT2D eigenvalue weighted by Gasteiger charge is 2.18. The molecule has 1 heterocycles. The molecule has 0 amide bonds. The van der Waals surface area contributed by atoms with Crippen LogP contribution < -0.4 is 4.74 Å². The number of benzene rings is 1. The van der Waals surface area contributed by atoms with Crippen molar-refractivity contribution in [1.29, 1.82) is 0 Å². The van der Waals surface area contributed by atoms with Crippen molar-refractivity contribution in [2.24, 2.45) is 0 Å². The molecule has 3 N–H and O–H groups in total. The molecule has 0 aliphatic carbocycles. The first-order valence-corrected chi connectivity index (χ1v) is 9.75. The van der Waals surface area contributed by atoms with Gasteiger partial charge in [-0.2, -0.15) is 0 Å². The van der Waals surface area contributed by atoms with E-state index < -0.39 is 6.10 Å². The lowest BCUT2D eigenvalue weighted by atomic mass is 10.00. The maximum absolute atomic E-state index is 10.4. The fourth-order valence-corrected chi connectivity index (χ4v) is 3.52. The fourth-order valence-electron chi connectivity index (χ4n) is 2.70. The summed E-state index contributed by atoms with van der Waals surface area (Å²) in [6, 6.07) is 7.74. The molecule has 1 aromatic heterocycles. The Balaban J connectivity index is 1.94. The van der Waals surface area contributed by atoms with Gasteiger partial charge < -0.3 is 20.1 Å². The first kappa shape index (κ1) is 21.1. The zero-order valence-corrected chi connectivity index (χ0v) is 16.3. The second-order valence-corrected chi connectivity index (χ2v) is 7.51. The van der Waals surface area contributed by atoms with Gasteiger partial charge in [-0.25, -0.2) is 4.98 Å². The average Bonchev–Trinajstić information content (AvgIpc) is 3.07. The third kappa shape index (κ3) is 6.50. The highest BCUT2D eigenvalue weighted by molar-refractivity contribution is 7.13. The molecular formula is C18H25ClN2O4S. The van der Waals surface area contributed by atoms with Crippen LogP contribution in [0, 0.1) is 0 Å². The zero-order valence-electron chi connectivity index (χ0n) is 14.7. The van der Waals surface area contributed by atoms with Gasteiger partial charge in [-0.05, 0) is 23.6 Å². The molecular weight excluding hydrogens is 376 g/mol. The molecule has 0 aliphatic rings. The van der Waals surface area contributed by atoms with Crippen LogP contribution in [-0.2, 0) is 0 Å². The van der Waals surface area contributed by atoms with Crippen LogP contribution >= 0.6 is 22.9 Å². The van der Waals surface area contributed by atoms with Crippen molar-refractivity contribution in [2.45, 2.75) is 18.9 Å². The largest absolute Gasteiger partial charge is 0.491 e. The van der Waals surface area contributed by atoms with Gasteiger partial charge >= 0.3 is 0 Å². The first-order chi connectivity index (χ1) is 12.5. The van der Waals surface area contributed by atoms with E-state index in [1.54, 1.807) is 5.38 Å². The van der Waals surface area contributed by atoms with Gasteiger partial charge in [0, 0.05) is 25.0 Å². The summed E-state index contributed by atoms with van der Waals surface area (Å²) >= 11 is 7.12. The van der Waals surface area contributed by atoms with E-state index in [-0.39, 0.29) is 25.7 Å². The van der Waals surface area contributed by atoms with Crippen LogP contribution in [0.25, 0.3) is 0 Å². The lowest BCUT2D eigenvalue weighted by Gasteiger charge is -2.27. The Labute approximate surface area is 162 Å². The third-order valence-corrected chi connectivity index (χ3v) is 5.02. The van der Waals surface area contributed by atoms with Crippen LogP contribution in [0.4, 0.5) is 0 Å². The number of halogens is 1. The highest BCUT2D eigenvalue weighted by atomic mass is 35.5. The van der Waals surface area contributed by atoms with Crippen LogP contribution in [-0.4, -0.2) is 64.7 Å². The second-order valence-electron chi connectivity index (χ2n) is 6.07. The van der Waals surface area contributed by atoms with E-state index in [2.05, 4.69) is 11.9 Å². The average molecular weight is 401 g/mol. The maximum atomic E-state index is 10.4. The number of aliphatic hydroxyl groups excluding tert-OH is 3. The molecule has 144 valence electrons. The standard InChI is InChI=1S/C18H25ClN2O4S/c1-13(14-2-4-15(5-3-14)25-9-8-23)10-21(6-7-22)11-17(24)16-12-26-18(19)20-16/h2-5,12-13,17,22-24H,6-11H2,1H3. The van der Waals surface area contributed by atoms with E-state index in [1.165, 1.54) is 11.3 Å². The molecule has 8 heteroatoms. The minimum Gasteiger partial charge on any atom is -0.491 e. The number of hydrogen-bond acceptors (Lipinski definition) is 7. The van der Waals surface area contributed by atoms with Crippen molar-refractivity contribution in [2.75, 3.05) is 39.5 Å². The summed E-state index contributed by atoms with van der Waals surface area (Å²) < 4.78 is 5.78. The number of rotatable bonds is 11. The normalized spacial score (nSPS) is 13.8. The number of ether oxygens (including phenoxy) is 1. The number of aromatic nitrogens is 1. The summed E-state index contributed by atoms with van der Waals surface area (Å²) in [7, 11) is 0. The molecule has 1 aromatic carbocycles. The number of aliphatic hydroxyl groups is 3. The van der Waals surface area contributed by atoms with Gasteiger partial charge in [0.25, 0.3) is 0 Å². The fraction of sp³-hybridized carbons (Fsp3) is 0.500. The Bertz CT molecular complexity index is 653. The summed E-state index contributed by atoms with van der Waals surface area (Å²) in [6.07, 6.45) is -0.744. The number of thiazole rings is 1. The van der Waals surface area contributed by atoms with Crippen molar-refractivity contribution in [1.82, 2.24) is 9.88 Å². The zero-order chi connectivity index (χ0) is 18.9. The number of hydrogen-bond donors (Lipinski definition) is 3. The van der Waals surface area contributed by atoms with Gasteiger partial charge in [0.1, 0.15) is 18.5 Å². The van der Waals surface area contributed by atoms with E-state index >= 15 is 0 Å². The van der Waals surface area contributed by atoms with E-state index in [4.69, 9.17) is 21.4 Å². The summed E-state index contributed by atoms with van der Waals surface area (Å²) in [5, 5.41) is 30.2. The van der Waals surface area contributed by atoms with Crippen LogP contribution in [0.15, 0.2) is 29.6 Å². The summed E-state index contributed by atoms with van der Waals surface area (Å²) in [5.41, 5.74) is 1.69. The van der Waals surface area contributed by atoms with E-state index in [0.717, 1.165) is 11.3 Å². The molecule has 26 heavy (non-hydrogen) atoms. The maximum Gasteiger partial charge on any atom is 0.183 e. The Hall–Kier alpha value is -1.22. The monoisotopic (exact) mass is 400 g/mol. The minimum atomic E-state index is -0.744. The van der Waals surface area contributed by atoms with E-state index in [1.807, 2.05) is 29.2 Å². The van der Waals surface area contributed by atoms with Crippen molar-refractivity contribution in [3.63, 3.8) is 0 Å². The Morgan fingerprint density at radius 2 is 1.92 bits per heavy atom. The lowest BCUT2D eigenvalue weighted by molar-refractivity contribution is 0.0945. The molecule has 0 saturated heterocycles. The van der Waals surface area contributed by atoms with Crippen LogP contribution in [0.2, 0.25) is 4.47 Å². The predicted molar refractivity (Wildman–Crippen MR) is 103 cm³/mol. The summed E-state index contributed by atoms with van der Waals surface area (Å²) in [4.78, 5) is 6.12. The van der Waals surface area contributed by atoms with Crippen molar-refractivity contribution in [3.05, 3.63) is 45.4 Å². The molecule has 0 spiro atoms. The SMILES string of the molecule is CC(CN(CCO)CC(O)c1csc(Cl)n1)c1ccc(OCCO)cc1. The lowest BCUT2D eigenvalue weighted by Crippen LogP contribution is -2.34. The molecule has 2 aromatic rings. The first-order valence-electron chi connectivity index (χ1n) is 8.49. The Kier molecular flexibility index (Phi) is 8.77. The molecule has 2 unspecified atom stereocenters. The van der Waals surface area contributed by atoms with Crippen LogP contribution in [0.3, 0.4) is 0 Å². The van der Waals surface area contributed by atoms with Gasteiger partial charge in [-0.1, -0.05) is 30.7 Å². The molecule has 0 bridgehead atoms. The Morgan fingerprint density at radius 1 is 1.19 bits per heavy atom. The van der Waals surface area contributed by atoms with Gasteiger partial charge in [0.2, 0.25) is 0 Å². The smallest absolute Gasteiger partial charge is 0.183 e. The Morgan fingerprint density at radius 3 is 2.50 bits per heavy atom. The summed E-state index contributed by atoms with van der Waals surface area (Å²) in [5.74, 6) is 0.928. The molecule has 0 fully saturated rings. The van der Waals surface area contributed by atoms with Crippen molar-refractivity contribution >= 4 is 22.9 Å². The number of nitrogens with zero attached hydrogens (tertiary/aromatic N) is 2. The van der Waals surface area contributed by atoms with Crippen molar-refractivity contribution < 1.29 is 20.1 Å². The van der Waals surface area contributed by atoms with Gasteiger partial charge in [-0.15, -0.1) is 11.3 Å². The van der Waals surface area contributed by atoms with Crippen molar-refractivity contribution in [3.8, 4) is 5.75 Å². The van der Waals surface area contributed by atoms with Crippen LogP contribution in [0.1, 0.15) is 30.2 Å². The summed E-state index contributed by atoms with van der Waals surface area (Å²) in [6.45, 7) is 3.91. The quantitative estimate of drug-likeness (QED) is 0.536. The molecule has 2 rings (SSSR count). The second kappa shape index (κ2) is 10.8. The minimum absolute atomic E-state index is 0.0131. The van der Waals surface area contributed by atoms with Gasteiger partial charge in [-0.3, -0.25) is 4.90 Å². The molecule has 2 atom stereocenters. The molecule has 0 aliphatic heterocycles. The molecule has 0 saturated carbocycles. The van der Waals surface area contributed by atoms with Crippen LogP contribution in [0.5, 0.6) is 5.75 Å². The third-order valence-electron chi connectivity index (χ3n) is 4.02. The highest BCUT2D eigenvalue weighted by Crippen LogP contribution is 2.23. The predicted octanol–water partition coefficient (Wildman–Crippen LogP) is 2.30. The van der Waals surface area contributed by atoms with Gasteiger partial charge in [0.15, 0.2) is 4.47 Å². The topological polar surface area (TPSA) is 86.1 Å². The molecule has 0 radical (unpaired) electrons. The molecule has 6 nitrogen and oxygen atoms in total.